The van der Waals surface area contributed by atoms with E-state index in [0.717, 1.165) is 36.1 Å². The van der Waals surface area contributed by atoms with E-state index in [1.54, 1.807) is 6.07 Å². The molecule has 184 valence electrons. The van der Waals surface area contributed by atoms with Gasteiger partial charge >= 0.3 is 0 Å². The lowest BCUT2D eigenvalue weighted by molar-refractivity contribution is 0.316. The Labute approximate surface area is 208 Å². The minimum Gasteiger partial charge on any atom is -0.383 e. The van der Waals surface area contributed by atoms with Gasteiger partial charge < -0.3 is 10.2 Å². The number of fused-ring (bicyclic) bond motifs is 2. The first-order chi connectivity index (χ1) is 16.9. The van der Waals surface area contributed by atoms with Crippen molar-refractivity contribution in [2.75, 3.05) is 31.5 Å². The summed E-state index contributed by atoms with van der Waals surface area (Å²) in [6.45, 7) is 7.55. The number of hydrogen-bond donors (Lipinski definition) is 2. The molecular formula is C26H28FN3O3S2. The van der Waals surface area contributed by atoms with Gasteiger partial charge in [-0.05, 0) is 49.0 Å². The average Bonchev–Trinajstić information content (AvgIpc) is 2.86. The number of benzene rings is 3. The second kappa shape index (κ2) is 10.8. The maximum atomic E-state index is 14.1. The Morgan fingerprint density at radius 3 is 2.43 bits per heavy atom. The summed E-state index contributed by atoms with van der Waals surface area (Å²) >= 11 is 1.45. The molecule has 2 N–H and O–H groups in total. The van der Waals surface area contributed by atoms with E-state index in [-0.39, 0.29) is 12.0 Å². The van der Waals surface area contributed by atoms with E-state index in [0.29, 0.717) is 27.6 Å². The molecule has 6 nitrogen and oxygen atoms in total. The van der Waals surface area contributed by atoms with E-state index in [9.17, 15) is 17.6 Å². The molecule has 0 spiro atoms. The number of likely N-dealkylation sites (N-methyl/N-ethyl adjacent to an activating group) is 1. The third-order valence-electron chi connectivity index (χ3n) is 6.03. The number of nitrogens with zero attached hydrogens (tertiary/aromatic N) is 1. The van der Waals surface area contributed by atoms with E-state index >= 15 is 0 Å². The predicted molar refractivity (Wildman–Crippen MR) is 142 cm³/mol. The molecule has 0 saturated heterocycles. The number of sulfonamides is 1. The highest BCUT2D eigenvalue weighted by Crippen LogP contribution is 2.32. The summed E-state index contributed by atoms with van der Waals surface area (Å²) in [4.78, 5) is 15.4. The summed E-state index contributed by atoms with van der Waals surface area (Å²) in [7, 11) is -4.07. The predicted octanol–water partition coefficient (Wildman–Crippen LogP) is 4.79. The largest absolute Gasteiger partial charge is 0.383 e. The van der Waals surface area contributed by atoms with Gasteiger partial charge in [-0.15, -0.1) is 11.3 Å². The van der Waals surface area contributed by atoms with Crippen molar-refractivity contribution in [3.63, 3.8) is 0 Å². The fourth-order valence-corrected chi connectivity index (χ4v) is 6.34. The molecule has 1 aromatic heterocycles. The van der Waals surface area contributed by atoms with Crippen molar-refractivity contribution >= 4 is 47.2 Å². The molecule has 0 aliphatic heterocycles. The Bertz CT molecular complexity index is 1520. The van der Waals surface area contributed by atoms with E-state index in [1.165, 1.54) is 29.5 Å². The van der Waals surface area contributed by atoms with E-state index in [2.05, 4.69) is 28.8 Å². The number of nitrogens with one attached hydrogen (secondary N) is 2. The molecule has 0 saturated carbocycles. The third kappa shape index (κ3) is 5.38. The van der Waals surface area contributed by atoms with Crippen LogP contribution in [0.4, 0.5) is 10.1 Å². The van der Waals surface area contributed by atoms with Crippen LogP contribution in [0.1, 0.15) is 19.4 Å². The van der Waals surface area contributed by atoms with Crippen molar-refractivity contribution in [1.82, 2.24) is 9.62 Å². The lowest BCUT2D eigenvalue weighted by Crippen LogP contribution is -2.28. The van der Waals surface area contributed by atoms with Crippen LogP contribution in [0.3, 0.4) is 0 Å². The van der Waals surface area contributed by atoms with Crippen LogP contribution in [0.5, 0.6) is 0 Å². The number of rotatable bonds is 10. The Morgan fingerprint density at radius 2 is 1.69 bits per heavy atom. The van der Waals surface area contributed by atoms with Crippen LogP contribution in [0, 0.1) is 5.82 Å². The van der Waals surface area contributed by atoms with E-state index in [4.69, 9.17) is 0 Å². The molecule has 0 fully saturated rings. The molecule has 0 aliphatic rings. The summed E-state index contributed by atoms with van der Waals surface area (Å²) in [6.07, 6.45) is 0. The Hall–Kier alpha value is -2.85. The lowest BCUT2D eigenvalue weighted by Gasteiger charge is -2.19. The van der Waals surface area contributed by atoms with Gasteiger partial charge in [-0.1, -0.05) is 44.2 Å². The molecule has 0 atom stereocenters. The van der Waals surface area contributed by atoms with Crippen molar-refractivity contribution < 1.29 is 12.8 Å². The topological polar surface area (TPSA) is 78.5 Å². The summed E-state index contributed by atoms with van der Waals surface area (Å²) in [5.74, 6) is -0.812. The Morgan fingerprint density at radius 1 is 0.971 bits per heavy atom. The molecule has 4 aromatic rings. The first-order valence-electron chi connectivity index (χ1n) is 11.5. The van der Waals surface area contributed by atoms with Crippen LogP contribution in [-0.4, -0.2) is 39.5 Å². The van der Waals surface area contributed by atoms with Crippen LogP contribution in [0.2, 0.25) is 0 Å². The van der Waals surface area contributed by atoms with Crippen LogP contribution in [0.15, 0.2) is 70.4 Å². The van der Waals surface area contributed by atoms with Crippen LogP contribution in [-0.2, 0) is 16.6 Å². The molecule has 0 radical (unpaired) electrons. The highest BCUT2D eigenvalue weighted by molar-refractivity contribution is 7.89. The minimum absolute atomic E-state index is 0.0683. The second-order valence-electron chi connectivity index (χ2n) is 8.11. The summed E-state index contributed by atoms with van der Waals surface area (Å²) in [5.41, 5.74) is 1.28. The molecule has 3 aromatic carbocycles. The SMILES string of the molecule is CCN(CC)CCNc1ccc(CNS(=O)(=O)c2ccccc2F)c2sc3ccccc3c(=O)c12. The van der Waals surface area contributed by atoms with Gasteiger partial charge in [0.25, 0.3) is 0 Å². The summed E-state index contributed by atoms with van der Waals surface area (Å²) < 4.78 is 43.6. The minimum atomic E-state index is -4.07. The summed E-state index contributed by atoms with van der Waals surface area (Å²) in [6, 6.07) is 16.3. The molecule has 0 aliphatic carbocycles. The molecule has 35 heavy (non-hydrogen) atoms. The van der Waals surface area contributed by atoms with Gasteiger partial charge in [0, 0.05) is 40.1 Å². The van der Waals surface area contributed by atoms with Crippen molar-refractivity contribution in [3.05, 3.63) is 82.3 Å². The number of halogens is 1. The van der Waals surface area contributed by atoms with E-state index in [1.807, 2.05) is 30.3 Å². The number of anilines is 1. The van der Waals surface area contributed by atoms with Gasteiger partial charge in [-0.2, -0.15) is 0 Å². The second-order valence-corrected chi connectivity index (χ2v) is 10.9. The third-order valence-corrected chi connectivity index (χ3v) is 8.71. The molecule has 0 bridgehead atoms. The van der Waals surface area contributed by atoms with Gasteiger partial charge in [0.2, 0.25) is 10.0 Å². The van der Waals surface area contributed by atoms with Gasteiger partial charge in [0.15, 0.2) is 5.43 Å². The molecule has 0 unspecified atom stereocenters. The zero-order valence-corrected chi connectivity index (χ0v) is 21.3. The highest BCUT2D eigenvalue weighted by Gasteiger charge is 2.20. The molecular weight excluding hydrogens is 485 g/mol. The Balaban J connectivity index is 1.73. The summed E-state index contributed by atoms with van der Waals surface area (Å²) in [5, 5.41) is 4.57. The van der Waals surface area contributed by atoms with Crippen LogP contribution in [0.25, 0.3) is 20.2 Å². The average molecular weight is 514 g/mol. The highest BCUT2D eigenvalue weighted by atomic mass is 32.2. The van der Waals surface area contributed by atoms with Crippen LogP contribution < -0.4 is 15.5 Å². The van der Waals surface area contributed by atoms with E-state index < -0.39 is 20.7 Å². The molecule has 1 heterocycles. The fourth-order valence-electron chi connectivity index (χ4n) is 4.04. The van der Waals surface area contributed by atoms with Crippen molar-refractivity contribution in [2.45, 2.75) is 25.3 Å². The maximum Gasteiger partial charge on any atom is 0.243 e. The van der Waals surface area contributed by atoms with Crippen molar-refractivity contribution in [3.8, 4) is 0 Å². The quantitative estimate of drug-likeness (QED) is 0.298. The normalized spacial score (nSPS) is 12.0. The maximum absolute atomic E-state index is 14.1. The zero-order chi connectivity index (χ0) is 25.0. The van der Waals surface area contributed by atoms with Crippen molar-refractivity contribution in [1.29, 1.82) is 0 Å². The number of hydrogen-bond acceptors (Lipinski definition) is 6. The standard InChI is InChI=1S/C26H28FN3O3S2/c1-3-30(4-2)16-15-28-21-14-13-18(17-29-35(32,33)23-12-8-6-10-20(23)27)26-24(21)25(31)19-9-5-7-11-22(19)34-26/h5-14,28-29H,3-4,15-17H2,1-2H3. The van der Waals surface area contributed by atoms with Gasteiger partial charge in [-0.3, -0.25) is 4.79 Å². The zero-order valence-electron chi connectivity index (χ0n) is 19.7. The van der Waals surface area contributed by atoms with Gasteiger partial charge in [0.1, 0.15) is 10.7 Å². The fraction of sp³-hybridized carbons (Fsp3) is 0.269. The molecule has 9 heteroatoms. The first-order valence-corrected chi connectivity index (χ1v) is 13.8. The Kier molecular flexibility index (Phi) is 7.81. The van der Waals surface area contributed by atoms with Gasteiger partial charge in [0.05, 0.1) is 5.39 Å². The lowest BCUT2D eigenvalue weighted by atomic mass is 10.1. The molecule has 4 rings (SSSR count). The molecule has 0 amide bonds. The van der Waals surface area contributed by atoms with Gasteiger partial charge in [-0.25, -0.2) is 17.5 Å². The smallest absolute Gasteiger partial charge is 0.243 e. The monoisotopic (exact) mass is 513 g/mol. The van der Waals surface area contributed by atoms with Crippen molar-refractivity contribution in [2.24, 2.45) is 0 Å². The first kappa shape index (κ1) is 25.2. The van der Waals surface area contributed by atoms with Crippen LogP contribution >= 0.6 is 11.3 Å².